The number of para-hydroxylation sites is 1. The van der Waals surface area contributed by atoms with Gasteiger partial charge >= 0.3 is 6.03 Å². The minimum Gasteiger partial charge on any atom is -0.395 e. The Kier molecular flexibility index (Phi) is 5.05. The molecule has 0 saturated heterocycles. The average molecular weight is 287 g/mol. The molecule has 21 heavy (non-hydrogen) atoms. The Bertz CT molecular complexity index is 604. The van der Waals surface area contributed by atoms with Gasteiger partial charge in [-0.25, -0.2) is 9.78 Å². The van der Waals surface area contributed by atoms with Crippen LogP contribution in [0.1, 0.15) is 5.69 Å². The van der Waals surface area contributed by atoms with Gasteiger partial charge in [0.1, 0.15) is 5.82 Å². The number of carbonyl (C=O) groups is 1. The molecule has 7 heteroatoms. The average Bonchev–Trinajstić information content (AvgIpc) is 2.45. The maximum atomic E-state index is 11.9. The van der Waals surface area contributed by atoms with Crippen molar-refractivity contribution in [3.05, 3.63) is 42.1 Å². The van der Waals surface area contributed by atoms with Crippen molar-refractivity contribution in [2.45, 2.75) is 6.92 Å². The van der Waals surface area contributed by atoms with Crippen LogP contribution in [-0.4, -0.2) is 34.3 Å². The van der Waals surface area contributed by atoms with Crippen LogP contribution in [-0.2, 0) is 0 Å². The van der Waals surface area contributed by atoms with E-state index in [4.69, 9.17) is 5.11 Å². The molecule has 2 rings (SSSR count). The fourth-order valence-corrected chi connectivity index (χ4v) is 1.68. The third-order valence-corrected chi connectivity index (χ3v) is 2.53. The van der Waals surface area contributed by atoms with Gasteiger partial charge in [-0.2, -0.15) is 4.98 Å². The number of aromatic nitrogens is 2. The third-order valence-electron chi connectivity index (χ3n) is 2.53. The molecular formula is C14H17N5O2. The summed E-state index contributed by atoms with van der Waals surface area (Å²) in [5.74, 6) is 0.746. The maximum absolute atomic E-state index is 11.9. The lowest BCUT2D eigenvalue weighted by molar-refractivity contribution is 0.262. The van der Waals surface area contributed by atoms with Gasteiger partial charge < -0.3 is 15.7 Å². The Labute approximate surface area is 122 Å². The fourth-order valence-electron chi connectivity index (χ4n) is 1.68. The van der Waals surface area contributed by atoms with E-state index in [1.165, 1.54) is 0 Å². The topological polar surface area (TPSA) is 99.2 Å². The number of hydrogen-bond acceptors (Lipinski definition) is 5. The number of amides is 2. The zero-order chi connectivity index (χ0) is 15.1. The molecule has 110 valence electrons. The summed E-state index contributed by atoms with van der Waals surface area (Å²) in [4.78, 5) is 20.1. The van der Waals surface area contributed by atoms with Gasteiger partial charge in [0.25, 0.3) is 0 Å². The first-order chi connectivity index (χ1) is 10.2. The quantitative estimate of drug-likeness (QED) is 0.672. The monoisotopic (exact) mass is 287 g/mol. The maximum Gasteiger partial charge on any atom is 0.326 e. The molecule has 2 amide bonds. The number of anilines is 3. The highest BCUT2D eigenvalue weighted by molar-refractivity contribution is 5.98. The van der Waals surface area contributed by atoms with Crippen LogP contribution in [0.2, 0.25) is 0 Å². The van der Waals surface area contributed by atoms with Crippen LogP contribution in [0.25, 0.3) is 0 Å². The van der Waals surface area contributed by atoms with Crippen LogP contribution >= 0.6 is 0 Å². The first-order valence-corrected chi connectivity index (χ1v) is 6.51. The highest BCUT2D eigenvalue weighted by Gasteiger charge is 2.06. The number of aliphatic hydroxyl groups excluding tert-OH is 1. The summed E-state index contributed by atoms with van der Waals surface area (Å²) in [6.45, 7) is 2.18. The number of aryl methyl sites for hydroxylation is 1. The summed E-state index contributed by atoms with van der Waals surface area (Å²) in [7, 11) is 0. The molecule has 0 aliphatic rings. The van der Waals surface area contributed by atoms with Crippen molar-refractivity contribution in [1.82, 2.24) is 9.97 Å². The third kappa shape index (κ3) is 4.73. The second kappa shape index (κ2) is 7.20. The Hall–Kier alpha value is -2.67. The molecule has 0 fully saturated rings. The molecule has 1 heterocycles. The van der Waals surface area contributed by atoms with Crippen molar-refractivity contribution < 1.29 is 9.90 Å². The van der Waals surface area contributed by atoms with E-state index in [-0.39, 0.29) is 12.6 Å². The predicted octanol–water partition coefficient (Wildman–Crippen LogP) is 1.83. The smallest absolute Gasteiger partial charge is 0.326 e. The van der Waals surface area contributed by atoms with Gasteiger partial charge in [0.15, 0.2) is 0 Å². The van der Waals surface area contributed by atoms with E-state index in [2.05, 4.69) is 25.9 Å². The van der Waals surface area contributed by atoms with Crippen LogP contribution in [0.3, 0.4) is 0 Å². The van der Waals surface area contributed by atoms with E-state index in [1.54, 1.807) is 25.1 Å². The van der Waals surface area contributed by atoms with Gasteiger partial charge in [-0.3, -0.25) is 5.32 Å². The van der Waals surface area contributed by atoms with Crippen LogP contribution in [0, 0.1) is 6.92 Å². The van der Waals surface area contributed by atoms with Gasteiger partial charge in [0.05, 0.1) is 6.61 Å². The molecule has 0 aliphatic carbocycles. The summed E-state index contributed by atoms with van der Waals surface area (Å²) in [6, 6.07) is 10.4. The molecule has 4 N–H and O–H groups in total. The van der Waals surface area contributed by atoms with Crippen LogP contribution in [0.5, 0.6) is 0 Å². The van der Waals surface area contributed by atoms with E-state index in [9.17, 15) is 4.79 Å². The first-order valence-electron chi connectivity index (χ1n) is 6.51. The van der Waals surface area contributed by atoms with Crippen LogP contribution in [0.4, 0.5) is 22.2 Å². The molecule has 0 bridgehead atoms. The molecule has 0 radical (unpaired) electrons. The van der Waals surface area contributed by atoms with E-state index < -0.39 is 6.03 Å². The molecule has 1 aromatic heterocycles. The van der Waals surface area contributed by atoms with Crippen molar-refractivity contribution >= 4 is 23.5 Å². The van der Waals surface area contributed by atoms with Crippen LogP contribution < -0.4 is 16.0 Å². The van der Waals surface area contributed by atoms with Crippen LogP contribution in [0.15, 0.2) is 36.4 Å². The van der Waals surface area contributed by atoms with E-state index >= 15 is 0 Å². The number of nitrogens with zero attached hydrogens (tertiary/aromatic N) is 2. The summed E-state index contributed by atoms with van der Waals surface area (Å²) >= 11 is 0. The Morgan fingerprint density at radius 1 is 1.19 bits per heavy atom. The number of rotatable bonds is 5. The zero-order valence-corrected chi connectivity index (χ0v) is 11.6. The lowest BCUT2D eigenvalue weighted by Gasteiger charge is -2.09. The van der Waals surface area contributed by atoms with Gasteiger partial charge in [-0.15, -0.1) is 0 Å². The molecular weight excluding hydrogens is 270 g/mol. The standard InChI is InChI=1S/C14H17N5O2/c1-10-9-12(15-7-8-20)18-13(16-10)19-14(21)17-11-5-3-2-4-6-11/h2-6,9,20H,7-8H2,1H3,(H3,15,16,17,18,19,21). The molecule has 2 aromatic rings. The lowest BCUT2D eigenvalue weighted by atomic mass is 10.3. The fraction of sp³-hybridized carbons (Fsp3) is 0.214. The minimum absolute atomic E-state index is 0.000303. The first kappa shape index (κ1) is 14.7. The Morgan fingerprint density at radius 3 is 2.67 bits per heavy atom. The summed E-state index contributed by atoms with van der Waals surface area (Å²) in [5, 5.41) is 17.0. The van der Waals surface area contributed by atoms with E-state index in [0.717, 1.165) is 0 Å². The number of carbonyl (C=O) groups excluding carboxylic acids is 1. The summed E-state index contributed by atoms with van der Waals surface area (Å²) in [6.07, 6.45) is 0. The minimum atomic E-state index is -0.417. The van der Waals surface area contributed by atoms with Crippen molar-refractivity contribution in [3.63, 3.8) is 0 Å². The zero-order valence-electron chi connectivity index (χ0n) is 11.6. The normalized spacial score (nSPS) is 10.0. The van der Waals surface area contributed by atoms with Gasteiger partial charge in [-0.1, -0.05) is 18.2 Å². The van der Waals surface area contributed by atoms with Crippen molar-refractivity contribution in [2.75, 3.05) is 29.1 Å². The largest absolute Gasteiger partial charge is 0.395 e. The Morgan fingerprint density at radius 2 is 1.95 bits per heavy atom. The van der Waals surface area contributed by atoms with Crippen molar-refractivity contribution in [3.8, 4) is 0 Å². The molecule has 0 saturated carbocycles. The highest BCUT2D eigenvalue weighted by atomic mass is 16.3. The summed E-state index contributed by atoms with van der Waals surface area (Å²) < 4.78 is 0. The van der Waals surface area contributed by atoms with E-state index in [0.29, 0.717) is 23.7 Å². The number of urea groups is 1. The molecule has 0 unspecified atom stereocenters. The van der Waals surface area contributed by atoms with E-state index in [1.807, 2.05) is 18.2 Å². The molecule has 0 aliphatic heterocycles. The Balaban J connectivity index is 2.01. The molecule has 0 spiro atoms. The van der Waals surface area contributed by atoms with Crippen molar-refractivity contribution in [2.24, 2.45) is 0 Å². The molecule has 1 aromatic carbocycles. The lowest BCUT2D eigenvalue weighted by Crippen LogP contribution is -2.21. The van der Waals surface area contributed by atoms with Gasteiger partial charge in [0, 0.05) is 24.0 Å². The van der Waals surface area contributed by atoms with Gasteiger partial charge in [0.2, 0.25) is 5.95 Å². The number of nitrogens with one attached hydrogen (secondary N) is 3. The summed E-state index contributed by atoms with van der Waals surface area (Å²) in [5.41, 5.74) is 1.39. The number of aliphatic hydroxyl groups is 1. The second-order valence-electron chi connectivity index (χ2n) is 4.31. The SMILES string of the molecule is Cc1cc(NCCO)nc(NC(=O)Nc2ccccc2)n1. The predicted molar refractivity (Wildman–Crippen MR) is 81.4 cm³/mol. The molecule has 0 atom stereocenters. The number of hydrogen-bond donors (Lipinski definition) is 4. The van der Waals surface area contributed by atoms with Crippen molar-refractivity contribution in [1.29, 1.82) is 0 Å². The highest BCUT2D eigenvalue weighted by Crippen LogP contribution is 2.10. The van der Waals surface area contributed by atoms with Gasteiger partial charge in [-0.05, 0) is 19.1 Å². The molecule has 7 nitrogen and oxygen atoms in total. The second-order valence-corrected chi connectivity index (χ2v) is 4.31. The number of benzene rings is 1.